The van der Waals surface area contributed by atoms with Crippen molar-refractivity contribution in [1.29, 1.82) is 0 Å². The lowest BCUT2D eigenvalue weighted by atomic mass is 9.78. The molecule has 11 nitrogen and oxygen atoms in total. The fraction of sp³-hybridized carbons (Fsp3) is 0.658. The van der Waals surface area contributed by atoms with E-state index in [1.807, 2.05) is 53.4 Å². The van der Waals surface area contributed by atoms with Gasteiger partial charge >= 0.3 is 0 Å². The zero-order valence-electron chi connectivity index (χ0n) is 31.3. The van der Waals surface area contributed by atoms with E-state index in [0.717, 1.165) is 17.5 Å². The van der Waals surface area contributed by atoms with Crippen LogP contribution in [0.4, 0.5) is 0 Å². The number of phenols is 1. The van der Waals surface area contributed by atoms with Crippen LogP contribution in [0.1, 0.15) is 126 Å². The molecule has 1 heterocycles. The quantitative estimate of drug-likeness (QED) is 0.142. The van der Waals surface area contributed by atoms with Gasteiger partial charge in [-0.1, -0.05) is 67.4 Å². The van der Waals surface area contributed by atoms with Gasteiger partial charge in [0.1, 0.15) is 34.4 Å². The molecule has 12 heteroatoms. The van der Waals surface area contributed by atoms with Crippen molar-refractivity contribution in [2.45, 2.75) is 130 Å². The van der Waals surface area contributed by atoms with Gasteiger partial charge in [-0.2, -0.15) is 0 Å². The molecule has 278 valence electrons. The number of hydrogen-bond donors (Lipinski definition) is 5. The number of likely N-dealkylation sites (N-methyl/N-ethyl adjacent to an activating group) is 1. The van der Waals surface area contributed by atoms with Crippen LogP contribution in [0, 0.1) is 17.8 Å². The molecule has 1 aromatic heterocycles. The van der Waals surface area contributed by atoms with Crippen LogP contribution in [0.2, 0.25) is 0 Å². The summed E-state index contributed by atoms with van der Waals surface area (Å²) in [6.45, 7) is 16.1. The van der Waals surface area contributed by atoms with Crippen LogP contribution in [0.5, 0.6) is 5.75 Å². The highest BCUT2D eigenvalue weighted by Gasteiger charge is 2.37. The Kier molecular flexibility index (Phi) is 15.4. The summed E-state index contributed by atoms with van der Waals surface area (Å²) in [7, 11) is 1.76. The Balaban J connectivity index is 1.77. The molecule has 5 N–H and O–H groups in total. The summed E-state index contributed by atoms with van der Waals surface area (Å²) in [5.41, 5.74) is 1.89. The van der Waals surface area contributed by atoms with E-state index < -0.39 is 24.1 Å². The van der Waals surface area contributed by atoms with Crippen LogP contribution in [-0.2, 0) is 20.8 Å². The Morgan fingerprint density at radius 1 is 1.04 bits per heavy atom. The minimum Gasteiger partial charge on any atom is -0.508 e. The molecule has 50 heavy (non-hydrogen) atoms. The van der Waals surface area contributed by atoms with Crippen LogP contribution in [0.25, 0.3) is 0 Å². The molecule has 0 spiro atoms. The number of phenolic OH excluding ortho intramolecular Hbond substituents is 1. The molecule has 2 aromatic rings. The summed E-state index contributed by atoms with van der Waals surface area (Å²) in [6, 6.07) is 3.23. The molecule has 8 unspecified atom stereocenters. The third-order valence-corrected chi connectivity index (χ3v) is 11.3. The number of rotatable bonds is 18. The third kappa shape index (κ3) is 10.1. The third-order valence-electron chi connectivity index (χ3n) is 10.3. The lowest BCUT2D eigenvalue weighted by Gasteiger charge is -2.39. The highest BCUT2D eigenvalue weighted by atomic mass is 32.1. The number of thiazole rings is 1. The molecule has 3 amide bonds. The van der Waals surface area contributed by atoms with Crippen LogP contribution in [0.15, 0.2) is 23.6 Å². The number of nitrogens with one attached hydrogen (secondary N) is 3. The molecule has 1 aromatic carbocycles. The Hall–Kier alpha value is -3.35. The molecule has 1 aliphatic rings. The van der Waals surface area contributed by atoms with Crippen LogP contribution in [0.3, 0.4) is 0 Å². The SMILES string of the molecule is CCCN(C(=O)C(NC(=O)C(NC)C(C)CC)C(C)CC)C(CC(O)c1nc(C(=O)NC2Cc3ccc(O)cc3C(C(C)=O)C2)cs1)C(C)C. The number of nitrogens with zero attached hydrogens (tertiary/aromatic N) is 2. The second-order valence-corrected chi connectivity index (χ2v) is 15.2. The molecule has 3 rings (SSSR count). The number of carbonyl (C=O) groups excluding carboxylic acids is 4. The van der Waals surface area contributed by atoms with Gasteiger partial charge < -0.3 is 31.1 Å². The number of benzene rings is 1. The Bertz CT molecular complexity index is 1460. The summed E-state index contributed by atoms with van der Waals surface area (Å²) in [4.78, 5) is 59.8. The number of aliphatic hydroxyl groups excluding tert-OH is 1. The van der Waals surface area contributed by atoms with E-state index in [0.29, 0.717) is 37.2 Å². The van der Waals surface area contributed by atoms with E-state index in [-0.39, 0.29) is 71.2 Å². The standard InChI is InChI=1S/C38H59N5O6S/c1-10-15-43(38(49)34(23(7)12-3)42-36(48)33(39-9)22(6)11-2)31(21(4)5)19-32(46)37-41-30(20-50-37)35(47)40-26-16-25-13-14-27(45)18-29(25)28(17-26)24(8)44/h13-14,18,20-23,26,28,31-34,39,45-46H,10-12,15-17,19H2,1-9H3,(H,40,47)(H,42,48). The van der Waals surface area contributed by atoms with Gasteiger partial charge in [-0.05, 0) is 74.2 Å². The normalized spacial score (nSPS) is 19.4. The smallest absolute Gasteiger partial charge is 0.270 e. The minimum absolute atomic E-state index is 0.00773. The molecule has 8 atom stereocenters. The van der Waals surface area contributed by atoms with Crippen molar-refractivity contribution >= 4 is 34.8 Å². The van der Waals surface area contributed by atoms with Gasteiger partial charge in [0.15, 0.2) is 0 Å². The molecule has 0 aliphatic heterocycles. The number of ketones is 1. The van der Waals surface area contributed by atoms with Gasteiger partial charge in [-0.25, -0.2) is 4.98 Å². The van der Waals surface area contributed by atoms with Crippen LogP contribution < -0.4 is 16.0 Å². The second kappa shape index (κ2) is 18.8. The number of aromatic hydroxyl groups is 1. The van der Waals surface area contributed by atoms with Crippen molar-refractivity contribution in [3.05, 3.63) is 45.4 Å². The predicted molar refractivity (Wildman–Crippen MR) is 197 cm³/mol. The molecular formula is C38H59N5O6S. The first kappa shape index (κ1) is 41.1. The molecular weight excluding hydrogens is 655 g/mol. The van der Waals surface area contributed by atoms with Gasteiger partial charge in [0.2, 0.25) is 11.8 Å². The maximum Gasteiger partial charge on any atom is 0.270 e. The number of amides is 3. The van der Waals surface area contributed by atoms with Crippen molar-refractivity contribution in [1.82, 2.24) is 25.8 Å². The van der Waals surface area contributed by atoms with Crippen molar-refractivity contribution < 1.29 is 29.4 Å². The van der Waals surface area contributed by atoms with Crippen LogP contribution in [-0.4, -0.2) is 81.4 Å². The zero-order valence-corrected chi connectivity index (χ0v) is 32.1. The van der Waals surface area contributed by atoms with Crippen molar-refractivity contribution in [3.8, 4) is 5.75 Å². The van der Waals surface area contributed by atoms with E-state index in [2.05, 4.69) is 20.9 Å². The summed E-state index contributed by atoms with van der Waals surface area (Å²) >= 11 is 1.19. The number of aromatic nitrogens is 1. The highest BCUT2D eigenvalue weighted by molar-refractivity contribution is 7.09. The maximum atomic E-state index is 14.3. The molecule has 0 fully saturated rings. The second-order valence-electron chi connectivity index (χ2n) is 14.3. The lowest BCUT2D eigenvalue weighted by molar-refractivity contribution is -0.142. The van der Waals surface area contributed by atoms with Gasteiger partial charge in [0.25, 0.3) is 5.91 Å². The minimum atomic E-state index is -1.02. The largest absolute Gasteiger partial charge is 0.508 e. The Morgan fingerprint density at radius 2 is 1.70 bits per heavy atom. The van der Waals surface area contributed by atoms with Crippen molar-refractivity contribution in [3.63, 3.8) is 0 Å². The van der Waals surface area contributed by atoms with Gasteiger partial charge in [0, 0.05) is 36.3 Å². The average Bonchev–Trinajstić information content (AvgIpc) is 3.59. The summed E-state index contributed by atoms with van der Waals surface area (Å²) in [5.74, 6) is -1.11. The molecule has 0 bridgehead atoms. The number of Topliss-reactive ketones (excluding diaryl/α,β-unsaturated/α-hetero) is 1. The fourth-order valence-electron chi connectivity index (χ4n) is 6.94. The van der Waals surface area contributed by atoms with Gasteiger partial charge in [-0.3, -0.25) is 19.2 Å². The predicted octanol–water partition coefficient (Wildman–Crippen LogP) is 5.12. The summed E-state index contributed by atoms with van der Waals surface area (Å²) in [6.07, 6.45) is 2.36. The zero-order chi connectivity index (χ0) is 37.3. The van der Waals surface area contributed by atoms with Gasteiger partial charge in [0.05, 0.1) is 6.04 Å². The van der Waals surface area contributed by atoms with E-state index in [1.54, 1.807) is 30.6 Å². The topological polar surface area (TPSA) is 161 Å². The summed E-state index contributed by atoms with van der Waals surface area (Å²) in [5, 5.41) is 32.6. The lowest BCUT2D eigenvalue weighted by Crippen LogP contribution is -2.58. The highest BCUT2D eigenvalue weighted by Crippen LogP contribution is 2.35. The number of carbonyl (C=O) groups is 4. The fourth-order valence-corrected chi connectivity index (χ4v) is 7.73. The van der Waals surface area contributed by atoms with E-state index in [1.165, 1.54) is 18.3 Å². The van der Waals surface area contributed by atoms with Crippen molar-refractivity contribution in [2.24, 2.45) is 17.8 Å². The maximum absolute atomic E-state index is 14.3. The Labute approximate surface area is 302 Å². The van der Waals surface area contributed by atoms with Crippen LogP contribution >= 0.6 is 11.3 Å². The number of fused-ring (bicyclic) bond motifs is 1. The van der Waals surface area contributed by atoms with E-state index in [4.69, 9.17) is 0 Å². The molecule has 0 radical (unpaired) electrons. The molecule has 1 aliphatic carbocycles. The first-order chi connectivity index (χ1) is 23.7. The number of aliphatic hydroxyl groups is 1. The Morgan fingerprint density at radius 3 is 2.28 bits per heavy atom. The molecule has 0 saturated carbocycles. The van der Waals surface area contributed by atoms with E-state index in [9.17, 15) is 29.4 Å². The van der Waals surface area contributed by atoms with E-state index >= 15 is 0 Å². The molecule has 0 saturated heterocycles. The average molecular weight is 714 g/mol. The first-order valence-corrected chi connectivity index (χ1v) is 19.1. The summed E-state index contributed by atoms with van der Waals surface area (Å²) < 4.78 is 0. The monoisotopic (exact) mass is 713 g/mol. The van der Waals surface area contributed by atoms with Gasteiger partial charge in [-0.15, -0.1) is 11.3 Å². The first-order valence-electron chi connectivity index (χ1n) is 18.2. The van der Waals surface area contributed by atoms with Crippen molar-refractivity contribution in [2.75, 3.05) is 13.6 Å². The number of hydrogen-bond acceptors (Lipinski definition) is 9.